The fraction of sp³-hybridized carbons (Fsp3) is 0.533. The predicted molar refractivity (Wildman–Crippen MR) is 79.1 cm³/mol. The first-order chi connectivity index (χ1) is 10.6. The largest absolute Gasteiger partial charge is 0.451 e. The number of hydrogen-bond acceptors (Lipinski definition) is 5. The lowest BCUT2D eigenvalue weighted by molar-refractivity contribution is -0.145. The minimum absolute atomic E-state index is 0.110. The molecule has 0 aromatic heterocycles. The molecule has 7 heteroatoms. The summed E-state index contributed by atoms with van der Waals surface area (Å²) in [6, 6.07) is 0. The van der Waals surface area contributed by atoms with Crippen LogP contribution in [0.2, 0.25) is 0 Å². The molecule has 0 spiro atoms. The number of ether oxygens (including phenoxy) is 1. The van der Waals surface area contributed by atoms with Gasteiger partial charge in [0.15, 0.2) is 6.61 Å². The van der Waals surface area contributed by atoms with Crippen molar-refractivity contribution < 1.29 is 19.1 Å². The van der Waals surface area contributed by atoms with Crippen LogP contribution in [-0.4, -0.2) is 30.9 Å². The SMILES string of the molecule is O=C(COC(=O)C1=CCC(=O)NN1)NCCC1=CCCCC1. The van der Waals surface area contributed by atoms with Gasteiger partial charge in [-0.3, -0.25) is 20.4 Å². The van der Waals surface area contributed by atoms with E-state index < -0.39 is 5.97 Å². The molecule has 1 aliphatic heterocycles. The maximum Gasteiger partial charge on any atom is 0.356 e. The molecule has 7 nitrogen and oxygen atoms in total. The molecule has 1 aliphatic carbocycles. The number of rotatable bonds is 6. The third kappa shape index (κ3) is 5.23. The molecule has 0 saturated heterocycles. The van der Waals surface area contributed by atoms with Crippen LogP contribution in [0.1, 0.15) is 38.5 Å². The molecule has 0 fully saturated rings. The summed E-state index contributed by atoms with van der Waals surface area (Å²) in [4.78, 5) is 34.2. The average molecular weight is 307 g/mol. The van der Waals surface area contributed by atoms with Crippen LogP contribution in [0, 0.1) is 0 Å². The number of esters is 1. The molecule has 0 aromatic rings. The standard InChI is InChI=1S/C15H21N3O4/c19-13-7-6-12(17-18-13)15(21)22-10-14(20)16-9-8-11-4-2-1-3-5-11/h4,6,17H,1-3,5,7-10H2,(H,16,20)(H,18,19). The molecule has 0 aromatic carbocycles. The predicted octanol–water partition coefficient (Wildman–Crippen LogP) is 0.445. The molecule has 0 unspecified atom stereocenters. The van der Waals surface area contributed by atoms with Crippen molar-refractivity contribution >= 4 is 17.8 Å². The third-order valence-electron chi connectivity index (χ3n) is 3.54. The van der Waals surface area contributed by atoms with Crippen molar-refractivity contribution in [1.82, 2.24) is 16.2 Å². The number of carbonyl (C=O) groups is 3. The highest BCUT2D eigenvalue weighted by atomic mass is 16.5. The van der Waals surface area contributed by atoms with E-state index in [1.54, 1.807) is 0 Å². The quantitative estimate of drug-likeness (QED) is 0.489. The van der Waals surface area contributed by atoms with Gasteiger partial charge in [-0.25, -0.2) is 4.79 Å². The Balaban J connectivity index is 1.62. The monoisotopic (exact) mass is 307 g/mol. The van der Waals surface area contributed by atoms with Crippen LogP contribution in [0.15, 0.2) is 23.4 Å². The minimum atomic E-state index is -0.662. The first kappa shape index (κ1) is 16.1. The van der Waals surface area contributed by atoms with Crippen molar-refractivity contribution in [2.45, 2.75) is 38.5 Å². The molecule has 0 atom stereocenters. The highest BCUT2D eigenvalue weighted by molar-refractivity contribution is 5.92. The number of nitrogens with one attached hydrogen (secondary N) is 3. The molecular formula is C15H21N3O4. The number of carbonyl (C=O) groups excluding carboxylic acids is 3. The lowest BCUT2D eigenvalue weighted by Crippen LogP contribution is -2.42. The smallest absolute Gasteiger partial charge is 0.356 e. The van der Waals surface area contributed by atoms with Gasteiger partial charge in [0.25, 0.3) is 5.91 Å². The highest BCUT2D eigenvalue weighted by Crippen LogP contribution is 2.19. The second kappa shape index (κ2) is 8.21. The van der Waals surface area contributed by atoms with Crippen LogP contribution in [-0.2, 0) is 19.1 Å². The Morgan fingerprint density at radius 3 is 2.77 bits per heavy atom. The van der Waals surface area contributed by atoms with Crippen LogP contribution in [0.3, 0.4) is 0 Å². The van der Waals surface area contributed by atoms with Crippen molar-refractivity contribution in [2.24, 2.45) is 0 Å². The summed E-state index contributed by atoms with van der Waals surface area (Å²) in [6.07, 6.45) is 9.32. The van der Waals surface area contributed by atoms with E-state index in [2.05, 4.69) is 22.2 Å². The van der Waals surface area contributed by atoms with Gasteiger partial charge in [0.05, 0.1) is 0 Å². The molecule has 2 rings (SSSR count). The van der Waals surface area contributed by atoms with E-state index >= 15 is 0 Å². The van der Waals surface area contributed by atoms with E-state index in [4.69, 9.17) is 4.74 Å². The third-order valence-corrected chi connectivity index (χ3v) is 3.54. The first-order valence-electron chi connectivity index (χ1n) is 7.52. The zero-order valence-corrected chi connectivity index (χ0v) is 12.4. The van der Waals surface area contributed by atoms with E-state index in [0.29, 0.717) is 6.54 Å². The maximum atomic E-state index is 11.6. The minimum Gasteiger partial charge on any atom is -0.451 e. The van der Waals surface area contributed by atoms with Crippen LogP contribution >= 0.6 is 0 Å². The first-order valence-corrected chi connectivity index (χ1v) is 7.52. The van der Waals surface area contributed by atoms with Crippen molar-refractivity contribution in [3.8, 4) is 0 Å². The van der Waals surface area contributed by atoms with Gasteiger partial charge >= 0.3 is 5.97 Å². The average Bonchev–Trinajstić information content (AvgIpc) is 2.54. The molecule has 0 radical (unpaired) electrons. The summed E-state index contributed by atoms with van der Waals surface area (Å²) in [5, 5.41) is 2.73. The van der Waals surface area contributed by atoms with Crippen LogP contribution in [0.4, 0.5) is 0 Å². The van der Waals surface area contributed by atoms with Gasteiger partial charge in [-0.15, -0.1) is 0 Å². The fourth-order valence-corrected chi connectivity index (χ4v) is 2.32. The molecule has 3 N–H and O–H groups in total. The van der Waals surface area contributed by atoms with Gasteiger partial charge in [-0.2, -0.15) is 0 Å². The summed E-state index contributed by atoms with van der Waals surface area (Å²) in [5.41, 5.74) is 6.26. The topological polar surface area (TPSA) is 96.5 Å². The molecular weight excluding hydrogens is 286 g/mol. The van der Waals surface area contributed by atoms with Gasteiger partial charge in [-0.1, -0.05) is 11.6 Å². The second-order valence-electron chi connectivity index (χ2n) is 5.28. The maximum absolute atomic E-state index is 11.6. The molecule has 120 valence electrons. The molecule has 0 saturated carbocycles. The van der Waals surface area contributed by atoms with Crippen LogP contribution in [0.25, 0.3) is 0 Å². The van der Waals surface area contributed by atoms with Gasteiger partial charge in [0, 0.05) is 13.0 Å². The highest BCUT2D eigenvalue weighted by Gasteiger charge is 2.17. The van der Waals surface area contributed by atoms with E-state index in [1.807, 2.05) is 0 Å². The van der Waals surface area contributed by atoms with Gasteiger partial charge in [-0.05, 0) is 38.2 Å². The number of hydrazine groups is 1. The summed E-state index contributed by atoms with van der Waals surface area (Å²) in [5.74, 6) is -1.22. The van der Waals surface area contributed by atoms with Crippen molar-refractivity contribution in [2.75, 3.05) is 13.2 Å². The lowest BCUT2D eigenvalue weighted by atomic mass is 9.97. The lowest BCUT2D eigenvalue weighted by Gasteiger charge is -2.15. The number of hydrogen-bond donors (Lipinski definition) is 3. The Morgan fingerprint density at radius 2 is 2.09 bits per heavy atom. The fourth-order valence-electron chi connectivity index (χ4n) is 2.32. The Kier molecular flexibility index (Phi) is 6.00. The van der Waals surface area contributed by atoms with Crippen LogP contribution in [0.5, 0.6) is 0 Å². The molecule has 1 heterocycles. The number of amides is 2. The van der Waals surface area contributed by atoms with E-state index in [1.165, 1.54) is 24.5 Å². The van der Waals surface area contributed by atoms with Gasteiger partial charge < -0.3 is 10.1 Å². The number of allylic oxidation sites excluding steroid dienone is 1. The zero-order chi connectivity index (χ0) is 15.8. The zero-order valence-electron chi connectivity index (χ0n) is 12.4. The molecule has 2 aliphatic rings. The summed E-state index contributed by atoms with van der Waals surface area (Å²) in [6.45, 7) is 0.226. The molecule has 2 amide bonds. The van der Waals surface area contributed by atoms with E-state index in [9.17, 15) is 14.4 Å². The van der Waals surface area contributed by atoms with Gasteiger partial charge in [0.1, 0.15) is 5.70 Å². The normalized spacial score (nSPS) is 17.5. The Morgan fingerprint density at radius 1 is 1.23 bits per heavy atom. The van der Waals surface area contributed by atoms with Crippen molar-refractivity contribution in [1.29, 1.82) is 0 Å². The second-order valence-corrected chi connectivity index (χ2v) is 5.28. The molecule has 22 heavy (non-hydrogen) atoms. The summed E-state index contributed by atoms with van der Waals surface area (Å²) < 4.78 is 4.87. The van der Waals surface area contributed by atoms with Crippen LogP contribution < -0.4 is 16.2 Å². The Bertz CT molecular complexity index is 511. The van der Waals surface area contributed by atoms with Gasteiger partial charge in [0.2, 0.25) is 5.91 Å². The van der Waals surface area contributed by atoms with Crippen molar-refractivity contribution in [3.05, 3.63) is 23.4 Å². The molecule has 0 bridgehead atoms. The van der Waals surface area contributed by atoms with E-state index in [-0.39, 0.29) is 30.5 Å². The Labute approximate surface area is 129 Å². The van der Waals surface area contributed by atoms with E-state index in [0.717, 1.165) is 19.3 Å². The Hall–Kier alpha value is -2.31. The summed E-state index contributed by atoms with van der Waals surface area (Å²) in [7, 11) is 0. The van der Waals surface area contributed by atoms with Crippen molar-refractivity contribution in [3.63, 3.8) is 0 Å². The summed E-state index contributed by atoms with van der Waals surface area (Å²) >= 11 is 0.